The topological polar surface area (TPSA) is 64.7 Å². The van der Waals surface area contributed by atoms with E-state index in [4.69, 9.17) is 20.3 Å². The first-order valence-corrected chi connectivity index (χ1v) is 4.90. The zero-order valence-electron chi connectivity index (χ0n) is 9.06. The molecule has 4 nitrogen and oxygen atoms in total. The summed E-state index contributed by atoms with van der Waals surface area (Å²) in [6.07, 6.45) is 0. The quantitative estimate of drug-likeness (QED) is 0.765. The second-order valence-electron chi connectivity index (χ2n) is 3.13. The Morgan fingerprint density at radius 2 is 2.13 bits per heavy atom. The first kappa shape index (κ1) is 11.8. The summed E-state index contributed by atoms with van der Waals surface area (Å²) in [6.45, 7) is 2.38. The highest BCUT2D eigenvalue weighted by atomic mass is 16.5. The molecule has 0 saturated carbocycles. The van der Waals surface area contributed by atoms with Gasteiger partial charge in [-0.05, 0) is 24.6 Å². The Balaban J connectivity index is 2.98. The summed E-state index contributed by atoms with van der Waals surface area (Å²) < 4.78 is 10.5. The fourth-order valence-corrected chi connectivity index (χ4v) is 1.30. The Morgan fingerprint density at radius 1 is 1.40 bits per heavy atom. The SMILES string of the molecule is CCOc1cc([C@H](N)CO)ccc1OC. The van der Waals surface area contributed by atoms with Crippen LogP contribution in [0.5, 0.6) is 11.5 Å². The molecule has 3 N–H and O–H groups in total. The summed E-state index contributed by atoms with van der Waals surface area (Å²) in [5, 5.41) is 8.94. The van der Waals surface area contributed by atoms with Crippen LogP contribution in [0.2, 0.25) is 0 Å². The van der Waals surface area contributed by atoms with Crippen molar-refractivity contribution in [2.24, 2.45) is 5.73 Å². The molecule has 0 bridgehead atoms. The zero-order valence-corrected chi connectivity index (χ0v) is 9.06. The fourth-order valence-electron chi connectivity index (χ4n) is 1.30. The van der Waals surface area contributed by atoms with E-state index in [2.05, 4.69) is 0 Å². The molecule has 4 heteroatoms. The van der Waals surface area contributed by atoms with E-state index in [0.29, 0.717) is 18.1 Å². The summed E-state index contributed by atoms with van der Waals surface area (Å²) in [4.78, 5) is 0. The van der Waals surface area contributed by atoms with Crippen LogP contribution >= 0.6 is 0 Å². The highest BCUT2D eigenvalue weighted by Crippen LogP contribution is 2.29. The fraction of sp³-hybridized carbons (Fsp3) is 0.455. The van der Waals surface area contributed by atoms with Crippen molar-refractivity contribution in [1.29, 1.82) is 0 Å². The molecule has 1 aromatic rings. The second kappa shape index (κ2) is 5.58. The van der Waals surface area contributed by atoms with Crippen LogP contribution in [0.25, 0.3) is 0 Å². The molecule has 0 aromatic heterocycles. The monoisotopic (exact) mass is 211 g/mol. The summed E-state index contributed by atoms with van der Waals surface area (Å²) in [7, 11) is 1.59. The third-order valence-electron chi connectivity index (χ3n) is 2.11. The maximum absolute atomic E-state index is 8.94. The van der Waals surface area contributed by atoms with E-state index in [1.807, 2.05) is 13.0 Å². The van der Waals surface area contributed by atoms with Gasteiger partial charge in [0.1, 0.15) is 0 Å². The van der Waals surface area contributed by atoms with Gasteiger partial charge in [0, 0.05) is 0 Å². The molecule has 0 unspecified atom stereocenters. The molecule has 0 fully saturated rings. The standard InChI is InChI=1S/C11H17NO3/c1-3-15-11-6-8(9(12)7-13)4-5-10(11)14-2/h4-6,9,13H,3,7,12H2,1-2H3/t9-/m1/s1. The average Bonchev–Trinajstić information content (AvgIpc) is 2.28. The van der Waals surface area contributed by atoms with Crippen molar-refractivity contribution in [3.05, 3.63) is 23.8 Å². The van der Waals surface area contributed by atoms with Gasteiger partial charge in [-0.25, -0.2) is 0 Å². The average molecular weight is 211 g/mol. The largest absolute Gasteiger partial charge is 0.493 e. The summed E-state index contributed by atoms with van der Waals surface area (Å²) >= 11 is 0. The predicted molar refractivity (Wildman–Crippen MR) is 58.2 cm³/mol. The first-order chi connectivity index (χ1) is 7.22. The molecule has 1 aromatic carbocycles. The van der Waals surface area contributed by atoms with Crippen LogP contribution < -0.4 is 15.2 Å². The van der Waals surface area contributed by atoms with Gasteiger partial charge in [-0.3, -0.25) is 0 Å². The molecule has 1 rings (SSSR count). The number of nitrogens with two attached hydrogens (primary N) is 1. The Bertz CT molecular complexity index is 315. The lowest BCUT2D eigenvalue weighted by atomic mass is 10.1. The van der Waals surface area contributed by atoms with Crippen LogP contribution in [0.3, 0.4) is 0 Å². The van der Waals surface area contributed by atoms with E-state index in [1.54, 1.807) is 19.2 Å². The van der Waals surface area contributed by atoms with Crippen molar-refractivity contribution >= 4 is 0 Å². The summed E-state index contributed by atoms with van der Waals surface area (Å²) in [6, 6.07) is 5.02. The van der Waals surface area contributed by atoms with Crippen molar-refractivity contribution in [2.45, 2.75) is 13.0 Å². The smallest absolute Gasteiger partial charge is 0.161 e. The van der Waals surface area contributed by atoms with E-state index in [-0.39, 0.29) is 12.6 Å². The van der Waals surface area contributed by atoms with Gasteiger partial charge in [0.05, 0.1) is 26.4 Å². The number of ether oxygens (including phenoxy) is 2. The number of hydrogen-bond acceptors (Lipinski definition) is 4. The molecule has 0 aliphatic rings. The van der Waals surface area contributed by atoms with Crippen molar-refractivity contribution in [2.75, 3.05) is 20.3 Å². The molecule has 0 aliphatic carbocycles. The Hall–Kier alpha value is -1.26. The molecular formula is C11H17NO3. The number of rotatable bonds is 5. The Kier molecular flexibility index (Phi) is 4.39. The number of hydrogen-bond donors (Lipinski definition) is 2. The third-order valence-corrected chi connectivity index (χ3v) is 2.11. The minimum atomic E-state index is -0.380. The summed E-state index contributed by atoms with van der Waals surface area (Å²) in [5.74, 6) is 1.33. The van der Waals surface area contributed by atoms with Gasteiger partial charge in [-0.2, -0.15) is 0 Å². The molecule has 1 atom stereocenters. The van der Waals surface area contributed by atoms with Crippen LogP contribution in [0.4, 0.5) is 0 Å². The van der Waals surface area contributed by atoms with E-state index >= 15 is 0 Å². The number of benzene rings is 1. The predicted octanol–water partition coefficient (Wildman–Crippen LogP) is 1.09. The Morgan fingerprint density at radius 3 is 2.67 bits per heavy atom. The summed E-state index contributed by atoms with van der Waals surface area (Å²) in [5.41, 5.74) is 6.54. The van der Waals surface area contributed by atoms with E-state index in [0.717, 1.165) is 5.56 Å². The van der Waals surface area contributed by atoms with Gasteiger partial charge in [-0.1, -0.05) is 6.07 Å². The molecule has 0 amide bonds. The van der Waals surface area contributed by atoms with Crippen LogP contribution in [0.1, 0.15) is 18.5 Å². The molecule has 15 heavy (non-hydrogen) atoms. The maximum atomic E-state index is 8.94. The van der Waals surface area contributed by atoms with Gasteiger partial charge in [-0.15, -0.1) is 0 Å². The number of methoxy groups -OCH3 is 1. The minimum absolute atomic E-state index is 0.0854. The van der Waals surface area contributed by atoms with Crippen LogP contribution in [-0.4, -0.2) is 25.4 Å². The minimum Gasteiger partial charge on any atom is -0.493 e. The zero-order chi connectivity index (χ0) is 11.3. The Labute approximate surface area is 89.6 Å². The van der Waals surface area contributed by atoms with Gasteiger partial charge < -0.3 is 20.3 Å². The lowest BCUT2D eigenvalue weighted by Crippen LogP contribution is -2.14. The number of aliphatic hydroxyl groups excluding tert-OH is 1. The molecule has 0 heterocycles. The molecule has 84 valence electrons. The highest BCUT2D eigenvalue weighted by Gasteiger charge is 2.09. The number of aliphatic hydroxyl groups is 1. The second-order valence-corrected chi connectivity index (χ2v) is 3.13. The molecular weight excluding hydrogens is 194 g/mol. The van der Waals surface area contributed by atoms with Crippen LogP contribution in [0, 0.1) is 0 Å². The molecule has 0 radical (unpaired) electrons. The lowest BCUT2D eigenvalue weighted by Gasteiger charge is -2.13. The molecule has 0 spiro atoms. The maximum Gasteiger partial charge on any atom is 0.161 e. The van der Waals surface area contributed by atoms with Crippen molar-refractivity contribution in [3.8, 4) is 11.5 Å². The van der Waals surface area contributed by atoms with Crippen molar-refractivity contribution in [1.82, 2.24) is 0 Å². The van der Waals surface area contributed by atoms with Gasteiger partial charge in [0.15, 0.2) is 11.5 Å². The van der Waals surface area contributed by atoms with E-state index in [1.165, 1.54) is 0 Å². The van der Waals surface area contributed by atoms with Crippen LogP contribution in [-0.2, 0) is 0 Å². The lowest BCUT2D eigenvalue weighted by molar-refractivity contribution is 0.267. The first-order valence-electron chi connectivity index (χ1n) is 4.90. The van der Waals surface area contributed by atoms with Crippen molar-refractivity contribution in [3.63, 3.8) is 0 Å². The van der Waals surface area contributed by atoms with Gasteiger partial charge in [0.25, 0.3) is 0 Å². The van der Waals surface area contributed by atoms with Gasteiger partial charge >= 0.3 is 0 Å². The van der Waals surface area contributed by atoms with E-state index in [9.17, 15) is 0 Å². The third kappa shape index (κ3) is 2.84. The molecule has 0 saturated heterocycles. The van der Waals surface area contributed by atoms with Crippen LogP contribution in [0.15, 0.2) is 18.2 Å². The normalized spacial score (nSPS) is 12.3. The van der Waals surface area contributed by atoms with Gasteiger partial charge in [0.2, 0.25) is 0 Å². The van der Waals surface area contributed by atoms with E-state index < -0.39 is 0 Å². The van der Waals surface area contributed by atoms with Crippen molar-refractivity contribution < 1.29 is 14.6 Å². The molecule has 0 aliphatic heterocycles. The highest BCUT2D eigenvalue weighted by molar-refractivity contribution is 5.43.